The lowest BCUT2D eigenvalue weighted by atomic mass is 9.87. The molecule has 5 heteroatoms. The predicted octanol–water partition coefficient (Wildman–Crippen LogP) is 5.41. The summed E-state index contributed by atoms with van der Waals surface area (Å²) in [6.45, 7) is 6.34. The number of hydrogen-bond acceptors (Lipinski definition) is 5. The Bertz CT molecular complexity index is 1100. The minimum absolute atomic E-state index is 0.00711. The van der Waals surface area contributed by atoms with Crippen LogP contribution in [0.25, 0.3) is 6.08 Å². The van der Waals surface area contributed by atoms with Gasteiger partial charge in [0.2, 0.25) is 5.78 Å². The molecule has 1 aromatic heterocycles. The summed E-state index contributed by atoms with van der Waals surface area (Å²) < 4.78 is 16.3. The average molecular weight is 388 g/mol. The highest BCUT2D eigenvalue weighted by Crippen LogP contribution is 2.35. The first-order valence-corrected chi connectivity index (χ1v) is 9.26. The van der Waals surface area contributed by atoms with Crippen LogP contribution in [-0.2, 0) is 5.41 Å². The molecular weight excluding hydrogens is 368 g/mol. The van der Waals surface area contributed by atoms with Crippen molar-refractivity contribution in [3.05, 3.63) is 89.1 Å². The van der Waals surface area contributed by atoms with Gasteiger partial charge in [-0.25, -0.2) is 4.79 Å². The molecule has 0 saturated carbocycles. The number of rotatable bonds is 3. The summed E-state index contributed by atoms with van der Waals surface area (Å²) in [6, 6.07) is 15.5. The third-order valence-corrected chi connectivity index (χ3v) is 4.66. The van der Waals surface area contributed by atoms with E-state index in [1.54, 1.807) is 36.4 Å². The molecule has 0 atom stereocenters. The van der Waals surface area contributed by atoms with E-state index in [0.29, 0.717) is 28.4 Å². The Hall–Kier alpha value is -3.60. The van der Waals surface area contributed by atoms with E-state index in [2.05, 4.69) is 20.8 Å². The van der Waals surface area contributed by atoms with Gasteiger partial charge in [0.25, 0.3) is 0 Å². The van der Waals surface area contributed by atoms with Gasteiger partial charge in [-0.1, -0.05) is 32.9 Å². The number of ketones is 1. The normalized spacial score (nSPS) is 14.6. The maximum Gasteiger partial charge on any atom is 0.343 e. The minimum Gasteiger partial charge on any atom is -0.465 e. The lowest BCUT2D eigenvalue weighted by Gasteiger charge is -2.18. The average Bonchev–Trinajstić information content (AvgIpc) is 3.30. The van der Waals surface area contributed by atoms with Crippen molar-refractivity contribution in [3.63, 3.8) is 0 Å². The highest BCUT2D eigenvalue weighted by Gasteiger charge is 2.28. The summed E-state index contributed by atoms with van der Waals surface area (Å²) in [5.41, 5.74) is 2.01. The standard InChI is InChI=1S/C24H20O5/c1-24(2,3)16-8-6-15(7-9-16)23(26)28-18-10-11-19-20(14-18)29-21(22(19)25)13-17-5-4-12-27-17/h4-14H,1-3H3. The SMILES string of the molecule is CC(C)(C)c1ccc(C(=O)Oc2ccc3c(c2)OC(=Cc2ccco2)C3=O)cc1. The molecule has 0 N–H and O–H groups in total. The molecule has 2 heterocycles. The van der Waals surface area contributed by atoms with Crippen molar-refractivity contribution in [2.24, 2.45) is 0 Å². The van der Waals surface area contributed by atoms with Crippen LogP contribution >= 0.6 is 0 Å². The van der Waals surface area contributed by atoms with Gasteiger partial charge < -0.3 is 13.9 Å². The Labute approximate surface area is 168 Å². The van der Waals surface area contributed by atoms with Crippen LogP contribution in [0.15, 0.2) is 71.0 Å². The Balaban J connectivity index is 1.51. The smallest absolute Gasteiger partial charge is 0.343 e. The maximum atomic E-state index is 12.5. The number of esters is 1. The molecule has 0 amide bonds. The number of allylic oxidation sites excluding steroid dienone is 1. The lowest BCUT2D eigenvalue weighted by molar-refractivity contribution is 0.0734. The molecule has 0 aliphatic carbocycles. The van der Waals surface area contributed by atoms with Gasteiger partial charge in [0.05, 0.1) is 17.4 Å². The van der Waals surface area contributed by atoms with E-state index in [1.807, 2.05) is 12.1 Å². The molecule has 3 aromatic rings. The lowest BCUT2D eigenvalue weighted by Crippen LogP contribution is -2.12. The van der Waals surface area contributed by atoms with Gasteiger partial charge in [-0.3, -0.25) is 4.79 Å². The largest absolute Gasteiger partial charge is 0.465 e. The van der Waals surface area contributed by atoms with E-state index in [4.69, 9.17) is 13.9 Å². The van der Waals surface area contributed by atoms with Gasteiger partial charge in [0.15, 0.2) is 5.76 Å². The van der Waals surface area contributed by atoms with Crippen molar-refractivity contribution < 1.29 is 23.5 Å². The van der Waals surface area contributed by atoms with Gasteiger partial charge in [0.1, 0.15) is 17.3 Å². The molecule has 2 aromatic carbocycles. The molecule has 4 rings (SSSR count). The Morgan fingerprint density at radius 2 is 1.79 bits per heavy atom. The predicted molar refractivity (Wildman–Crippen MR) is 108 cm³/mol. The van der Waals surface area contributed by atoms with E-state index in [9.17, 15) is 9.59 Å². The number of benzene rings is 2. The molecule has 1 aliphatic heterocycles. The summed E-state index contributed by atoms with van der Waals surface area (Å²) in [4.78, 5) is 24.9. The number of carbonyl (C=O) groups is 2. The molecule has 0 bridgehead atoms. The fraction of sp³-hybridized carbons (Fsp3) is 0.167. The van der Waals surface area contributed by atoms with Gasteiger partial charge in [-0.15, -0.1) is 0 Å². The third-order valence-electron chi connectivity index (χ3n) is 4.66. The van der Waals surface area contributed by atoms with E-state index in [1.165, 1.54) is 18.4 Å². The van der Waals surface area contributed by atoms with Crippen molar-refractivity contribution in [3.8, 4) is 11.5 Å². The van der Waals surface area contributed by atoms with E-state index in [-0.39, 0.29) is 17.0 Å². The zero-order chi connectivity index (χ0) is 20.6. The second-order valence-corrected chi connectivity index (χ2v) is 7.83. The van der Waals surface area contributed by atoms with Crippen molar-refractivity contribution in [2.75, 3.05) is 0 Å². The first-order valence-electron chi connectivity index (χ1n) is 9.26. The summed E-state index contributed by atoms with van der Waals surface area (Å²) in [5.74, 6) is 0.623. The van der Waals surface area contributed by atoms with Crippen molar-refractivity contribution in [2.45, 2.75) is 26.2 Å². The van der Waals surface area contributed by atoms with Crippen LogP contribution in [-0.4, -0.2) is 11.8 Å². The first kappa shape index (κ1) is 18.7. The van der Waals surface area contributed by atoms with Crippen LogP contribution in [0.5, 0.6) is 11.5 Å². The van der Waals surface area contributed by atoms with Gasteiger partial charge in [0, 0.05) is 12.1 Å². The molecule has 0 fully saturated rings. The van der Waals surface area contributed by atoms with E-state index in [0.717, 1.165) is 5.56 Å². The maximum absolute atomic E-state index is 12.5. The zero-order valence-corrected chi connectivity index (χ0v) is 16.4. The summed E-state index contributed by atoms with van der Waals surface area (Å²) in [5, 5.41) is 0. The molecule has 0 radical (unpaired) electrons. The number of Topliss-reactive ketones (excluding diaryl/α,β-unsaturated/α-hetero) is 1. The monoisotopic (exact) mass is 388 g/mol. The third kappa shape index (κ3) is 3.85. The topological polar surface area (TPSA) is 65.7 Å². The first-order chi connectivity index (χ1) is 13.8. The molecular formula is C24H20O5. The number of fused-ring (bicyclic) bond motifs is 1. The molecule has 146 valence electrons. The number of hydrogen-bond donors (Lipinski definition) is 0. The van der Waals surface area contributed by atoms with Crippen molar-refractivity contribution in [1.29, 1.82) is 0 Å². The molecule has 0 spiro atoms. The van der Waals surface area contributed by atoms with Crippen LogP contribution in [0.2, 0.25) is 0 Å². The summed E-state index contributed by atoms with van der Waals surface area (Å²) in [7, 11) is 0. The highest BCUT2D eigenvalue weighted by molar-refractivity contribution is 6.14. The Morgan fingerprint density at radius 1 is 1.03 bits per heavy atom. The summed E-state index contributed by atoms with van der Waals surface area (Å²) in [6.07, 6.45) is 3.05. The highest BCUT2D eigenvalue weighted by atomic mass is 16.5. The fourth-order valence-corrected chi connectivity index (χ4v) is 3.01. The van der Waals surface area contributed by atoms with Crippen LogP contribution in [0, 0.1) is 0 Å². The fourth-order valence-electron chi connectivity index (χ4n) is 3.01. The van der Waals surface area contributed by atoms with Crippen molar-refractivity contribution in [1.82, 2.24) is 0 Å². The summed E-state index contributed by atoms with van der Waals surface area (Å²) >= 11 is 0. The van der Waals surface area contributed by atoms with Crippen LogP contribution < -0.4 is 9.47 Å². The van der Waals surface area contributed by atoms with Crippen LogP contribution in [0.1, 0.15) is 52.8 Å². The molecule has 1 aliphatic rings. The molecule has 29 heavy (non-hydrogen) atoms. The molecule has 0 saturated heterocycles. The van der Waals surface area contributed by atoms with Crippen molar-refractivity contribution >= 4 is 17.8 Å². The van der Waals surface area contributed by atoms with Gasteiger partial charge >= 0.3 is 5.97 Å². The Morgan fingerprint density at radius 3 is 2.45 bits per heavy atom. The quantitative estimate of drug-likeness (QED) is 0.341. The van der Waals surface area contributed by atoms with Gasteiger partial charge in [-0.2, -0.15) is 0 Å². The van der Waals surface area contributed by atoms with Crippen LogP contribution in [0.4, 0.5) is 0 Å². The molecule has 0 unspecified atom stereocenters. The second-order valence-electron chi connectivity index (χ2n) is 7.83. The van der Waals surface area contributed by atoms with Gasteiger partial charge in [-0.05, 0) is 47.4 Å². The minimum atomic E-state index is -0.471. The Kier molecular flexibility index (Phi) is 4.59. The van der Waals surface area contributed by atoms with E-state index < -0.39 is 5.97 Å². The zero-order valence-electron chi connectivity index (χ0n) is 16.4. The second kappa shape index (κ2) is 7.09. The number of carbonyl (C=O) groups excluding carboxylic acids is 2. The number of furan rings is 1. The number of ether oxygens (including phenoxy) is 2. The molecule has 5 nitrogen and oxygen atoms in total. The van der Waals surface area contributed by atoms with Crippen LogP contribution in [0.3, 0.4) is 0 Å². The van der Waals surface area contributed by atoms with E-state index >= 15 is 0 Å².